The van der Waals surface area contributed by atoms with Crippen LogP contribution in [0.25, 0.3) is 0 Å². The highest BCUT2D eigenvalue weighted by molar-refractivity contribution is 7.11. The van der Waals surface area contributed by atoms with Crippen LogP contribution in [0.4, 0.5) is 5.82 Å². The molecule has 0 bridgehead atoms. The molecule has 0 saturated heterocycles. The highest BCUT2D eigenvalue weighted by Gasteiger charge is 2.09. The maximum Gasteiger partial charge on any atom is 0.251 e. The first kappa shape index (κ1) is 15.5. The van der Waals surface area contributed by atoms with Gasteiger partial charge in [-0.15, -0.1) is 11.3 Å². The topological polar surface area (TPSA) is 68.0 Å². The minimum atomic E-state index is -0.104. The number of thiophene rings is 1. The van der Waals surface area contributed by atoms with Crippen molar-refractivity contribution in [3.63, 3.8) is 0 Å². The van der Waals surface area contributed by atoms with E-state index >= 15 is 0 Å². The second kappa shape index (κ2) is 7.22. The molecule has 112 valence electrons. The minimum absolute atomic E-state index is 0.104. The van der Waals surface area contributed by atoms with Gasteiger partial charge in [0, 0.05) is 21.0 Å². The monoisotopic (exact) mass is 303 g/mol. The lowest BCUT2D eigenvalue weighted by molar-refractivity contribution is 0.0951. The third-order valence-corrected chi connectivity index (χ3v) is 4.39. The van der Waals surface area contributed by atoms with E-state index in [9.17, 15) is 4.79 Å². The van der Waals surface area contributed by atoms with Crippen molar-refractivity contribution in [2.24, 2.45) is 0 Å². The van der Waals surface area contributed by atoms with E-state index in [0.29, 0.717) is 17.9 Å². The van der Waals surface area contributed by atoms with E-state index in [1.54, 1.807) is 17.4 Å². The number of nitrogens with zero attached hydrogens (tertiary/aromatic N) is 1. The van der Waals surface area contributed by atoms with Crippen LogP contribution in [0.2, 0.25) is 0 Å². The Balaban J connectivity index is 2.02. The van der Waals surface area contributed by atoms with Crippen molar-refractivity contribution < 1.29 is 4.79 Å². The Labute approximate surface area is 129 Å². The molecule has 1 amide bonds. The van der Waals surface area contributed by atoms with Crippen LogP contribution in [-0.2, 0) is 19.4 Å². The Morgan fingerprint density at radius 2 is 2.05 bits per heavy atom. The average Bonchev–Trinajstić information content (AvgIpc) is 2.92. The SMILES string of the molecule is CCCc1cc(C(=O)NCc2ccc(CC)s2)cc(N)n1. The number of amides is 1. The smallest absolute Gasteiger partial charge is 0.251 e. The van der Waals surface area contributed by atoms with Crippen LogP contribution in [0.15, 0.2) is 24.3 Å². The van der Waals surface area contributed by atoms with Crippen molar-refractivity contribution in [1.82, 2.24) is 10.3 Å². The van der Waals surface area contributed by atoms with Gasteiger partial charge in [-0.05, 0) is 37.1 Å². The summed E-state index contributed by atoms with van der Waals surface area (Å²) in [7, 11) is 0. The number of anilines is 1. The van der Waals surface area contributed by atoms with Crippen LogP contribution >= 0.6 is 11.3 Å². The number of aryl methyl sites for hydroxylation is 2. The highest BCUT2D eigenvalue weighted by atomic mass is 32.1. The number of nitrogens with one attached hydrogen (secondary N) is 1. The summed E-state index contributed by atoms with van der Waals surface area (Å²) in [5, 5.41) is 2.94. The number of nitrogen functional groups attached to an aromatic ring is 1. The molecule has 21 heavy (non-hydrogen) atoms. The second-order valence-corrected chi connectivity index (χ2v) is 6.18. The van der Waals surface area contributed by atoms with Gasteiger partial charge in [0.05, 0.1) is 6.54 Å². The summed E-state index contributed by atoms with van der Waals surface area (Å²) < 4.78 is 0. The summed E-state index contributed by atoms with van der Waals surface area (Å²) in [6.45, 7) is 4.75. The summed E-state index contributed by atoms with van der Waals surface area (Å²) in [4.78, 5) is 18.9. The fourth-order valence-electron chi connectivity index (χ4n) is 2.10. The number of rotatable bonds is 6. The Morgan fingerprint density at radius 3 is 2.71 bits per heavy atom. The van der Waals surface area contributed by atoms with Crippen molar-refractivity contribution in [1.29, 1.82) is 0 Å². The molecule has 0 aliphatic rings. The van der Waals surface area contributed by atoms with E-state index in [1.807, 2.05) is 6.07 Å². The van der Waals surface area contributed by atoms with Crippen molar-refractivity contribution >= 4 is 23.1 Å². The predicted molar refractivity (Wildman–Crippen MR) is 87.5 cm³/mol. The van der Waals surface area contributed by atoms with Gasteiger partial charge in [0.15, 0.2) is 0 Å². The van der Waals surface area contributed by atoms with Crippen LogP contribution in [-0.4, -0.2) is 10.9 Å². The van der Waals surface area contributed by atoms with Gasteiger partial charge < -0.3 is 11.1 Å². The van der Waals surface area contributed by atoms with E-state index in [-0.39, 0.29) is 5.91 Å². The standard InChI is InChI=1S/C16H21N3OS/c1-3-5-12-8-11(9-15(17)19-12)16(20)18-10-14-7-6-13(4-2)21-14/h6-9H,3-5,10H2,1-2H3,(H2,17,19)(H,18,20). The maximum absolute atomic E-state index is 12.2. The number of hydrogen-bond acceptors (Lipinski definition) is 4. The molecule has 0 aliphatic carbocycles. The molecule has 2 aromatic rings. The number of aromatic nitrogens is 1. The number of hydrogen-bond donors (Lipinski definition) is 2. The summed E-state index contributed by atoms with van der Waals surface area (Å²) in [6.07, 6.45) is 2.84. The van der Waals surface area contributed by atoms with E-state index in [1.165, 1.54) is 4.88 Å². The molecule has 4 nitrogen and oxygen atoms in total. The van der Waals surface area contributed by atoms with Gasteiger partial charge in [0.2, 0.25) is 0 Å². The molecule has 0 aromatic carbocycles. The Morgan fingerprint density at radius 1 is 1.29 bits per heavy atom. The van der Waals surface area contributed by atoms with Crippen LogP contribution < -0.4 is 11.1 Å². The molecule has 2 rings (SSSR count). The molecule has 0 atom stereocenters. The molecule has 2 aromatic heterocycles. The molecule has 3 N–H and O–H groups in total. The molecular formula is C16H21N3OS. The zero-order chi connectivity index (χ0) is 15.2. The van der Waals surface area contributed by atoms with Gasteiger partial charge >= 0.3 is 0 Å². The number of nitrogens with two attached hydrogens (primary N) is 1. The minimum Gasteiger partial charge on any atom is -0.384 e. The maximum atomic E-state index is 12.2. The van der Waals surface area contributed by atoms with Gasteiger partial charge in [-0.2, -0.15) is 0 Å². The molecule has 5 heteroatoms. The average molecular weight is 303 g/mol. The number of carbonyl (C=O) groups is 1. The Hall–Kier alpha value is -1.88. The third-order valence-electron chi connectivity index (χ3n) is 3.16. The number of pyridine rings is 1. The van der Waals surface area contributed by atoms with Crippen molar-refractivity contribution in [2.75, 3.05) is 5.73 Å². The van der Waals surface area contributed by atoms with Gasteiger partial charge in [-0.25, -0.2) is 4.98 Å². The fraction of sp³-hybridized carbons (Fsp3) is 0.375. The Kier molecular flexibility index (Phi) is 5.33. The first-order chi connectivity index (χ1) is 10.1. The highest BCUT2D eigenvalue weighted by Crippen LogP contribution is 2.17. The molecule has 2 heterocycles. The molecule has 0 saturated carbocycles. The zero-order valence-corrected chi connectivity index (χ0v) is 13.3. The largest absolute Gasteiger partial charge is 0.384 e. The lowest BCUT2D eigenvalue weighted by Crippen LogP contribution is -2.22. The molecule has 0 unspecified atom stereocenters. The first-order valence-electron chi connectivity index (χ1n) is 7.24. The third kappa shape index (κ3) is 4.29. The van der Waals surface area contributed by atoms with Crippen LogP contribution in [0.5, 0.6) is 0 Å². The van der Waals surface area contributed by atoms with Crippen LogP contribution in [0.1, 0.15) is 46.1 Å². The van der Waals surface area contributed by atoms with Crippen molar-refractivity contribution in [3.8, 4) is 0 Å². The predicted octanol–water partition coefficient (Wildman–Crippen LogP) is 3.17. The summed E-state index contributed by atoms with van der Waals surface area (Å²) in [5.41, 5.74) is 7.22. The van der Waals surface area contributed by atoms with Crippen LogP contribution in [0.3, 0.4) is 0 Å². The lowest BCUT2D eigenvalue weighted by atomic mass is 10.1. The van der Waals surface area contributed by atoms with Gasteiger partial charge in [-0.1, -0.05) is 20.3 Å². The second-order valence-electron chi connectivity index (χ2n) is 4.93. The lowest BCUT2D eigenvalue weighted by Gasteiger charge is -2.07. The van der Waals surface area contributed by atoms with Gasteiger partial charge in [-0.3, -0.25) is 4.79 Å². The fourth-order valence-corrected chi connectivity index (χ4v) is 3.00. The van der Waals surface area contributed by atoms with Crippen LogP contribution in [0, 0.1) is 0 Å². The van der Waals surface area contributed by atoms with E-state index < -0.39 is 0 Å². The molecule has 0 fully saturated rings. The summed E-state index contributed by atoms with van der Waals surface area (Å²) in [6, 6.07) is 7.62. The summed E-state index contributed by atoms with van der Waals surface area (Å²) in [5.74, 6) is 0.295. The zero-order valence-electron chi connectivity index (χ0n) is 12.5. The molecule has 0 aliphatic heterocycles. The molecule has 0 spiro atoms. The molecule has 0 radical (unpaired) electrons. The molecular weight excluding hydrogens is 282 g/mol. The summed E-state index contributed by atoms with van der Waals surface area (Å²) >= 11 is 1.73. The van der Waals surface area contributed by atoms with E-state index in [0.717, 1.165) is 29.8 Å². The first-order valence-corrected chi connectivity index (χ1v) is 8.06. The van der Waals surface area contributed by atoms with E-state index in [4.69, 9.17) is 5.73 Å². The van der Waals surface area contributed by atoms with Gasteiger partial charge in [0.25, 0.3) is 5.91 Å². The van der Waals surface area contributed by atoms with Gasteiger partial charge in [0.1, 0.15) is 5.82 Å². The van der Waals surface area contributed by atoms with E-state index in [2.05, 4.69) is 36.3 Å². The van der Waals surface area contributed by atoms with Crippen molar-refractivity contribution in [3.05, 3.63) is 45.3 Å². The quantitative estimate of drug-likeness (QED) is 0.861. The Bertz CT molecular complexity index is 622. The normalized spacial score (nSPS) is 10.6. The van der Waals surface area contributed by atoms with Crippen molar-refractivity contribution in [2.45, 2.75) is 39.7 Å². The number of carbonyl (C=O) groups excluding carboxylic acids is 1.